The zero-order valence-corrected chi connectivity index (χ0v) is 5.66. The predicted molar refractivity (Wildman–Crippen MR) is 13.2 cm³/mol. The van der Waals surface area contributed by atoms with E-state index in [2.05, 4.69) is 6.79 Å². The van der Waals surface area contributed by atoms with Gasteiger partial charge in [-0.15, -0.1) is 0 Å². The zero-order chi connectivity index (χ0) is 2.00. The van der Waals surface area contributed by atoms with Gasteiger partial charge in [-0.05, 0) is 0 Å². The van der Waals surface area contributed by atoms with Gasteiger partial charge < -0.3 is 12.2 Å². The van der Waals surface area contributed by atoms with Crippen molar-refractivity contribution < 1.29 is 24.3 Å². The Labute approximate surface area is 39.2 Å². The van der Waals surface area contributed by atoms with Crippen molar-refractivity contribution in [3.8, 4) is 0 Å². The first-order chi connectivity index (χ1) is 1.00. The van der Waals surface area contributed by atoms with Gasteiger partial charge in [-0.2, -0.15) is 0 Å². The third-order valence-corrected chi connectivity index (χ3v) is 0. The maximum atomic E-state index is 7.75. The Kier molecular flexibility index (Phi) is 1400. The Morgan fingerprint density at radius 2 is 1.25 bits per heavy atom. The van der Waals surface area contributed by atoms with Gasteiger partial charge in [0.2, 0.25) is 0 Å². The van der Waals surface area contributed by atoms with E-state index in [0.29, 0.717) is 0 Å². The second kappa shape index (κ2) is 201. The van der Waals surface area contributed by atoms with Crippen LogP contribution in [0.2, 0.25) is 0 Å². The van der Waals surface area contributed by atoms with Crippen LogP contribution in [0.4, 0.5) is 0 Å². The number of carbonyl (C=O) groups excluding carboxylic acids is 1. The quantitative estimate of drug-likeness (QED) is 0.246. The van der Waals surface area contributed by atoms with E-state index in [0.717, 1.165) is 0 Å². The maximum Gasteiger partial charge on any atom is 2.00 e. The maximum absolute atomic E-state index is 7.75. The molecule has 0 aliphatic rings. The van der Waals surface area contributed by atoms with Crippen molar-refractivity contribution in [2.75, 3.05) is 0 Å². The first-order valence-electron chi connectivity index (χ1n) is 0.236. The fourth-order valence-corrected chi connectivity index (χ4v) is 0. The molecule has 2 heteroatoms. The molecular weight excluding hydrogens is 105 g/mol. The Hall–Kier alpha value is 0.293. The summed E-state index contributed by atoms with van der Waals surface area (Å²) in [5.74, 6) is 0. The van der Waals surface area contributed by atoms with Gasteiger partial charge in [0.1, 0.15) is 0 Å². The molecule has 0 heterocycles. The molecule has 0 aromatic rings. The summed E-state index contributed by atoms with van der Waals surface area (Å²) in [6, 6.07) is 0. The molecule has 0 aromatic heterocycles. The summed E-state index contributed by atoms with van der Waals surface area (Å²) >= 11 is 0. The smallest absolute Gasteiger partial charge is 0.545 e. The van der Waals surface area contributed by atoms with Gasteiger partial charge in [0, 0.05) is 0 Å². The molecular formula is C2H4OZn. The minimum Gasteiger partial charge on any atom is -0.545 e. The van der Waals surface area contributed by atoms with E-state index < -0.39 is 0 Å². The molecule has 0 fully saturated rings. The summed E-state index contributed by atoms with van der Waals surface area (Å²) in [6.45, 7) is 3.25. The minimum atomic E-state index is 0. The summed E-state index contributed by atoms with van der Waals surface area (Å²) < 4.78 is 0. The molecule has 0 radical (unpaired) electrons. The fraction of sp³-hybridized carbons (Fsp3) is 0. The summed E-state index contributed by atoms with van der Waals surface area (Å²) in [4.78, 5) is 7.75. The van der Waals surface area contributed by atoms with Crippen LogP contribution in [0.5, 0.6) is 0 Å². The summed E-state index contributed by atoms with van der Waals surface area (Å²) in [6.07, 6.45) is 0. The number of hydrogen-bond donors (Lipinski definition) is 0. The van der Waals surface area contributed by atoms with Crippen LogP contribution in [-0.2, 0) is 24.3 Å². The molecule has 4 heavy (non-hydrogen) atoms. The Bertz CT molecular complexity index is 6.00. The monoisotopic (exact) mass is 108 g/mol. The van der Waals surface area contributed by atoms with E-state index in [1.165, 1.54) is 0 Å². The molecule has 0 aliphatic carbocycles. The Morgan fingerprint density at radius 1 is 1.25 bits per heavy atom. The summed E-state index contributed by atoms with van der Waals surface area (Å²) in [7, 11) is 0. The van der Waals surface area contributed by atoms with Crippen molar-refractivity contribution in [3.05, 3.63) is 7.43 Å². The van der Waals surface area contributed by atoms with Gasteiger partial charge in [0.05, 0.1) is 0 Å². The standard InChI is InChI=1S/CHO.CH3.Zn/c1-2;;/h1H;1H3;/q2*-1;+2. The van der Waals surface area contributed by atoms with E-state index in [9.17, 15) is 0 Å². The molecule has 0 bridgehead atoms. The fourth-order valence-electron chi connectivity index (χ4n) is 0. The van der Waals surface area contributed by atoms with E-state index in [-0.39, 0.29) is 26.9 Å². The average molecular weight is 109 g/mol. The van der Waals surface area contributed by atoms with Crippen molar-refractivity contribution in [3.63, 3.8) is 0 Å². The van der Waals surface area contributed by atoms with Crippen LogP contribution in [-0.4, -0.2) is 6.79 Å². The molecule has 0 saturated carbocycles. The molecule has 0 aliphatic heterocycles. The Morgan fingerprint density at radius 3 is 1.25 bits per heavy atom. The molecule has 0 spiro atoms. The van der Waals surface area contributed by atoms with Crippen molar-refractivity contribution in [1.29, 1.82) is 0 Å². The number of rotatable bonds is 0. The SMILES string of the molecule is [CH-]=O.[CH3-].[Zn+2]. The van der Waals surface area contributed by atoms with Crippen LogP contribution >= 0.6 is 0 Å². The first kappa shape index (κ1) is 27.8. The van der Waals surface area contributed by atoms with Crippen LogP contribution in [0.15, 0.2) is 0 Å². The van der Waals surface area contributed by atoms with Crippen molar-refractivity contribution in [1.82, 2.24) is 0 Å². The topological polar surface area (TPSA) is 17.1 Å². The molecule has 20 valence electrons. The zero-order valence-electron chi connectivity index (χ0n) is 2.69. The second-order valence-corrected chi connectivity index (χ2v) is 0. The predicted octanol–water partition coefficient (Wildman–Crippen LogP) is 0.174. The van der Waals surface area contributed by atoms with E-state index in [1.807, 2.05) is 0 Å². The van der Waals surface area contributed by atoms with Gasteiger partial charge in [-0.3, -0.25) is 6.79 Å². The summed E-state index contributed by atoms with van der Waals surface area (Å²) in [5, 5.41) is 0. The molecule has 0 rings (SSSR count). The van der Waals surface area contributed by atoms with Gasteiger partial charge in [-0.1, -0.05) is 0 Å². The van der Waals surface area contributed by atoms with Gasteiger partial charge in [0.15, 0.2) is 0 Å². The Balaban J connectivity index is -0.00000000500. The molecule has 0 aromatic carbocycles. The van der Waals surface area contributed by atoms with Crippen molar-refractivity contribution in [2.24, 2.45) is 0 Å². The second-order valence-electron chi connectivity index (χ2n) is 0. The van der Waals surface area contributed by atoms with Crippen molar-refractivity contribution >= 4 is 6.79 Å². The summed E-state index contributed by atoms with van der Waals surface area (Å²) in [5.41, 5.74) is 0. The third kappa shape index (κ3) is 44.6. The molecule has 0 atom stereocenters. The first-order valence-corrected chi connectivity index (χ1v) is 0.236. The van der Waals surface area contributed by atoms with E-state index in [1.54, 1.807) is 0 Å². The van der Waals surface area contributed by atoms with Crippen LogP contribution in [0.25, 0.3) is 0 Å². The average Bonchev–Trinajstić information content (AvgIpc) is 1.00. The molecule has 0 amide bonds. The third-order valence-electron chi connectivity index (χ3n) is 0. The van der Waals surface area contributed by atoms with Crippen LogP contribution in [0, 0.1) is 7.43 Å². The minimum absolute atomic E-state index is 0. The molecule has 0 N–H and O–H groups in total. The van der Waals surface area contributed by atoms with Gasteiger partial charge in [-0.25, -0.2) is 0 Å². The molecule has 1 nitrogen and oxygen atoms in total. The largest absolute Gasteiger partial charge is 2.00 e. The number of hydrogen-bond acceptors (Lipinski definition) is 1. The van der Waals surface area contributed by atoms with Gasteiger partial charge >= 0.3 is 19.5 Å². The van der Waals surface area contributed by atoms with Crippen LogP contribution in [0.1, 0.15) is 0 Å². The van der Waals surface area contributed by atoms with E-state index >= 15 is 0 Å². The van der Waals surface area contributed by atoms with Crippen molar-refractivity contribution in [2.45, 2.75) is 0 Å². The van der Waals surface area contributed by atoms with Gasteiger partial charge in [0.25, 0.3) is 0 Å². The molecule has 0 unspecified atom stereocenters. The molecule has 0 saturated heterocycles. The van der Waals surface area contributed by atoms with E-state index in [4.69, 9.17) is 4.79 Å². The van der Waals surface area contributed by atoms with Crippen LogP contribution in [0.3, 0.4) is 0 Å². The van der Waals surface area contributed by atoms with Crippen LogP contribution < -0.4 is 0 Å². The normalized spacial score (nSPS) is 1.00.